The maximum absolute atomic E-state index is 11.6. The number of nitriles is 1. The Bertz CT molecular complexity index is 923. The Hall–Kier alpha value is -2.52. The van der Waals surface area contributed by atoms with Crippen LogP contribution in [-0.2, 0) is 21.6 Å². The van der Waals surface area contributed by atoms with Gasteiger partial charge in [0.1, 0.15) is 11.4 Å². The van der Waals surface area contributed by atoms with Crippen LogP contribution in [0.1, 0.15) is 62.4 Å². The number of carboxylic acids is 1. The Morgan fingerprint density at radius 2 is 2.26 bits per heavy atom. The van der Waals surface area contributed by atoms with E-state index in [1.807, 2.05) is 27.7 Å². The highest BCUT2D eigenvalue weighted by atomic mass is 16.5. The summed E-state index contributed by atoms with van der Waals surface area (Å²) in [5.74, 6) is -0.219. The Labute approximate surface area is 159 Å². The lowest BCUT2D eigenvalue weighted by atomic mass is 9.84. The molecule has 6 heteroatoms. The minimum atomic E-state index is -0.893. The predicted molar refractivity (Wildman–Crippen MR) is 102 cm³/mol. The van der Waals surface area contributed by atoms with Gasteiger partial charge < -0.3 is 19.6 Å². The van der Waals surface area contributed by atoms with Crippen molar-refractivity contribution in [1.29, 1.82) is 5.26 Å². The first-order valence-corrected chi connectivity index (χ1v) is 9.44. The SMILES string of the molecule is CCCC1(CC(=O)O)OCCc2c1[nH]c1c(C)c(OC(C)C)cc(C#N)c21. The summed E-state index contributed by atoms with van der Waals surface area (Å²) in [5.41, 5.74) is 3.23. The molecule has 2 N–H and O–H groups in total. The number of carboxylic acid groups (broad SMARTS) is 1. The average Bonchev–Trinajstić information content (AvgIpc) is 2.98. The highest BCUT2D eigenvalue weighted by molar-refractivity contribution is 5.94. The summed E-state index contributed by atoms with van der Waals surface area (Å²) in [6.07, 6.45) is 1.95. The molecule has 0 aliphatic carbocycles. The quantitative estimate of drug-likeness (QED) is 0.795. The van der Waals surface area contributed by atoms with E-state index in [0.29, 0.717) is 30.8 Å². The summed E-state index contributed by atoms with van der Waals surface area (Å²) in [6, 6.07) is 4.08. The van der Waals surface area contributed by atoms with Gasteiger partial charge in [0, 0.05) is 10.9 Å². The number of carbonyl (C=O) groups is 1. The molecule has 0 spiro atoms. The van der Waals surface area contributed by atoms with Crippen molar-refractivity contribution in [1.82, 2.24) is 4.98 Å². The van der Waals surface area contributed by atoms with Gasteiger partial charge in [-0.15, -0.1) is 0 Å². The summed E-state index contributed by atoms with van der Waals surface area (Å²) in [4.78, 5) is 15.0. The van der Waals surface area contributed by atoms with Crippen molar-refractivity contribution in [3.8, 4) is 11.8 Å². The van der Waals surface area contributed by atoms with Gasteiger partial charge in [-0.2, -0.15) is 5.26 Å². The van der Waals surface area contributed by atoms with Crippen LogP contribution in [0.4, 0.5) is 0 Å². The topological polar surface area (TPSA) is 95.3 Å². The Balaban J connectivity index is 2.30. The van der Waals surface area contributed by atoms with Crippen LogP contribution in [0.25, 0.3) is 10.9 Å². The van der Waals surface area contributed by atoms with Crippen molar-refractivity contribution in [2.75, 3.05) is 6.61 Å². The number of aromatic amines is 1. The number of nitrogens with zero attached hydrogens (tertiary/aromatic N) is 1. The van der Waals surface area contributed by atoms with Crippen LogP contribution < -0.4 is 4.74 Å². The minimum Gasteiger partial charge on any atom is -0.491 e. The molecule has 1 aliphatic rings. The number of fused-ring (bicyclic) bond motifs is 3. The van der Waals surface area contributed by atoms with Gasteiger partial charge in [0.15, 0.2) is 0 Å². The highest BCUT2D eigenvalue weighted by Gasteiger charge is 2.42. The summed E-state index contributed by atoms with van der Waals surface area (Å²) >= 11 is 0. The molecule has 2 aromatic rings. The molecule has 0 bridgehead atoms. The van der Waals surface area contributed by atoms with Gasteiger partial charge in [0.2, 0.25) is 0 Å². The molecule has 0 fully saturated rings. The molecule has 1 aromatic heterocycles. The van der Waals surface area contributed by atoms with Gasteiger partial charge in [-0.3, -0.25) is 4.79 Å². The van der Waals surface area contributed by atoms with Crippen LogP contribution in [0.5, 0.6) is 5.75 Å². The van der Waals surface area contributed by atoms with Crippen LogP contribution >= 0.6 is 0 Å². The maximum Gasteiger partial charge on any atom is 0.306 e. The lowest BCUT2D eigenvalue weighted by Gasteiger charge is -2.36. The van der Waals surface area contributed by atoms with E-state index >= 15 is 0 Å². The summed E-state index contributed by atoms with van der Waals surface area (Å²) in [6.45, 7) is 8.32. The molecule has 3 rings (SSSR count). The highest BCUT2D eigenvalue weighted by Crippen LogP contribution is 2.45. The first kappa shape index (κ1) is 19.2. The van der Waals surface area contributed by atoms with E-state index in [0.717, 1.165) is 34.1 Å². The van der Waals surface area contributed by atoms with Crippen molar-refractivity contribution >= 4 is 16.9 Å². The summed E-state index contributed by atoms with van der Waals surface area (Å²) in [5, 5.41) is 20.1. The van der Waals surface area contributed by atoms with Crippen LogP contribution in [0, 0.1) is 18.3 Å². The van der Waals surface area contributed by atoms with E-state index in [-0.39, 0.29) is 12.5 Å². The van der Waals surface area contributed by atoms with E-state index in [1.165, 1.54) is 0 Å². The Morgan fingerprint density at radius 3 is 2.85 bits per heavy atom. The normalized spacial score (nSPS) is 19.1. The number of benzene rings is 1. The molecular weight excluding hydrogens is 344 g/mol. The Kier molecular flexibility index (Phi) is 5.16. The molecule has 2 heterocycles. The standard InChI is InChI=1S/C21H26N2O4/c1-5-7-21(10-17(24)25)20-15(6-8-26-21)18-14(11-22)9-16(27-12(2)3)13(4)19(18)23-20/h9,12,23H,5-8,10H2,1-4H3,(H,24,25). The smallest absolute Gasteiger partial charge is 0.306 e. The van der Waals surface area contributed by atoms with Crippen LogP contribution in [0.15, 0.2) is 6.07 Å². The first-order chi connectivity index (χ1) is 12.8. The van der Waals surface area contributed by atoms with Crippen molar-refractivity contribution in [3.05, 3.63) is 28.5 Å². The van der Waals surface area contributed by atoms with E-state index in [1.54, 1.807) is 6.07 Å². The third kappa shape index (κ3) is 3.28. The lowest BCUT2D eigenvalue weighted by molar-refractivity contribution is -0.149. The minimum absolute atomic E-state index is 0.00759. The largest absolute Gasteiger partial charge is 0.491 e. The van der Waals surface area contributed by atoms with Gasteiger partial charge in [0.25, 0.3) is 0 Å². The second-order valence-corrected chi connectivity index (χ2v) is 7.47. The molecule has 0 saturated carbocycles. The van der Waals surface area contributed by atoms with Crippen LogP contribution in [0.2, 0.25) is 0 Å². The molecule has 1 atom stereocenters. The van der Waals surface area contributed by atoms with E-state index < -0.39 is 11.6 Å². The third-order valence-electron chi connectivity index (χ3n) is 5.15. The van der Waals surface area contributed by atoms with Crippen molar-refractivity contribution in [2.45, 2.75) is 65.1 Å². The summed E-state index contributed by atoms with van der Waals surface area (Å²) < 4.78 is 11.9. The number of rotatable bonds is 6. The number of aromatic nitrogens is 1. The zero-order valence-electron chi connectivity index (χ0n) is 16.3. The molecule has 27 heavy (non-hydrogen) atoms. The fraction of sp³-hybridized carbons (Fsp3) is 0.524. The van der Waals surface area contributed by atoms with Gasteiger partial charge in [-0.1, -0.05) is 13.3 Å². The van der Waals surface area contributed by atoms with Crippen LogP contribution in [-0.4, -0.2) is 28.8 Å². The fourth-order valence-corrected chi connectivity index (χ4v) is 4.15. The number of ether oxygens (including phenoxy) is 2. The van der Waals surface area contributed by atoms with Crippen molar-refractivity contribution in [2.24, 2.45) is 0 Å². The third-order valence-corrected chi connectivity index (χ3v) is 5.15. The molecular formula is C21H26N2O4. The molecule has 0 amide bonds. The second kappa shape index (κ2) is 7.24. The second-order valence-electron chi connectivity index (χ2n) is 7.47. The maximum atomic E-state index is 11.6. The van der Waals surface area contributed by atoms with Crippen molar-refractivity contribution in [3.63, 3.8) is 0 Å². The lowest BCUT2D eigenvalue weighted by Crippen LogP contribution is -2.37. The number of H-pyrrole nitrogens is 1. The molecule has 6 nitrogen and oxygen atoms in total. The van der Waals surface area contributed by atoms with Crippen LogP contribution in [0.3, 0.4) is 0 Å². The summed E-state index contributed by atoms with van der Waals surface area (Å²) in [7, 11) is 0. The number of hydrogen-bond donors (Lipinski definition) is 2. The van der Waals surface area contributed by atoms with Gasteiger partial charge in [-0.05, 0) is 45.2 Å². The monoisotopic (exact) mass is 370 g/mol. The molecule has 1 unspecified atom stereocenters. The zero-order chi connectivity index (χ0) is 19.8. The van der Waals surface area contributed by atoms with Gasteiger partial charge in [-0.25, -0.2) is 0 Å². The van der Waals surface area contributed by atoms with E-state index in [4.69, 9.17) is 9.47 Å². The molecule has 144 valence electrons. The van der Waals surface area contributed by atoms with Gasteiger partial charge >= 0.3 is 5.97 Å². The Morgan fingerprint density at radius 1 is 1.52 bits per heavy atom. The number of nitrogens with one attached hydrogen (secondary N) is 1. The van der Waals surface area contributed by atoms with Crippen molar-refractivity contribution < 1.29 is 19.4 Å². The zero-order valence-corrected chi connectivity index (χ0v) is 16.3. The fourth-order valence-electron chi connectivity index (χ4n) is 4.15. The number of hydrogen-bond acceptors (Lipinski definition) is 4. The average molecular weight is 370 g/mol. The predicted octanol–water partition coefficient (Wildman–Crippen LogP) is 4.18. The van der Waals surface area contributed by atoms with E-state index in [9.17, 15) is 15.2 Å². The molecule has 0 saturated heterocycles. The molecule has 0 radical (unpaired) electrons. The molecule has 1 aliphatic heterocycles. The number of aryl methyl sites for hydroxylation is 1. The van der Waals surface area contributed by atoms with E-state index in [2.05, 4.69) is 11.1 Å². The van der Waals surface area contributed by atoms with Gasteiger partial charge in [0.05, 0.1) is 42.0 Å². The number of aliphatic carboxylic acids is 1. The first-order valence-electron chi connectivity index (χ1n) is 9.44. The molecule has 1 aromatic carbocycles.